The topological polar surface area (TPSA) is 61.4 Å². The average Bonchev–Trinajstić information content (AvgIpc) is 2.76. The van der Waals surface area contributed by atoms with Gasteiger partial charge in [0.2, 0.25) is 0 Å². The van der Waals surface area contributed by atoms with Gasteiger partial charge in [0.05, 0.1) is 5.60 Å². The summed E-state index contributed by atoms with van der Waals surface area (Å²) >= 11 is 1.92. The number of nitrogens with one attached hydrogen (secondary N) is 2. The summed E-state index contributed by atoms with van der Waals surface area (Å²) in [6, 6.07) is -0.182. The van der Waals surface area contributed by atoms with Crippen LogP contribution in [0.4, 0.5) is 4.79 Å². The van der Waals surface area contributed by atoms with E-state index in [-0.39, 0.29) is 18.5 Å². The SMILES string of the molecule is CC(C)C(C)(O)CNC(=O)NCC1CCCS1. The Bertz CT molecular complexity index is 251. The molecule has 5 heteroatoms. The third-order valence-corrected chi connectivity index (χ3v) is 4.76. The van der Waals surface area contributed by atoms with Gasteiger partial charge in [-0.1, -0.05) is 13.8 Å². The van der Waals surface area contributed by atoms with E-state index in [1.54, 1.807) is 6.92 Å². The van der Waals surface area contributed by atoms with E-state index in [2.05, 4.69) is 10.6 Å². The maximum Gasteiger partial charge on any atom is 0.314 e. The van der Waals surface area contributed by atoms with E-state index in [9.17, 15) is 9.90 Å². The van der Waals surface area contributed by atoms with Crippen LogP contribution in [0.15, 0.2) is 0 Å². The molecule has 0 aromatic heterocycles. The number of urea groups is 1. The summed E-state index contributed by atoms with van der Waals surface area (Å²) in [7, 11) is 0. The molecule has 0 aliphatic carbocycles. The molecule has 0 bridgehead atoms. The highest BCUT2D eigenvalue weighted by molar-refractivity contribution is 8.00. The van der Waals surface area contributed by atoms with Gasteiger partial charge in [-0.25, -0.2) is 4.79 Å². The Hall–Kier alpha value is -0.420. The predicted octanol–water partition coefficient (Wildman–Crippen LogP) is 1.59. The number of carbonyl (C=O) groups is 1. The van der Waals surface area contributed by atoms with E-state index in [0.717, 1.165) is 6.54 Å². The van der Waals surface area contributed by atoms with E-state index in [1.165, 1.54) is 18.6 Å². The molecule has 1 aliphatic rings. The lowest BCUT2D eigenvalue weighted by atomic mass is 9.93. The second kappa shape index (κ2) is 6.50. The van der Waals surface area contributed by atoms with E-state index in [0.29, 0.717) is 5.25 Å². The first-order chi connectivity index (χ1) is 7.92. The molecule has 0 aromatic carbocycles. The molecule has 100 valence electrons. The number of rotatable bonds is 5. The van der Waals surface area contributed by atoms with E-state index >= 15 is 0 Å². The summed E-state index contributed by atoms with van der Waals surface area (Å²) in [6.45, 7) is 6.63. The second-order valence-electron chi connectivity index (χ2n) is 5.21. The lowest BCUT2D eigenvalue weighted by molar-refractivity contribution is 0.0166. The Morgan fingerprint density at radius 2 is 2.24 bits per heavy atom. The number of hydrogen-bond acceptors (Lipinski definition) is 3. The lowest BCUT2D eigenvalue weighted by Crippen LogP contribution is -2.48. The molecular weight excluding hydrogens is 236 g/mol. The minimum atomic E-state index is -0.848. The number of amides is 2. The van der Waals surface area contributed by atoms with Gasteiger partial charge in [0.15, 0.2) is 0 Å². The zero-order chi connectivity index (χ0) is 12.9. The molecule has 2 atom stereocenters. The molecule has 1 rings (SSSR count). The molecule has 3 N–H and O–H groups in total. The van der Waals surface area contributed by atoms with Gasteiger partial charge < -0.3 is 15.7 Å². The standard InChI is InChI=1S/C12H24N2O2S/c1-9(2)12(3,16)8-14-11(15)13-7-10-5-4-6-17-10/h9-10,16H,4-8H2,1-3H3,(H2,13,14,15). The van der Waals surface area contributed by atoms with Crippen molar-refractivity contribution in [3.05, 3.63) is 0 Å². The Morgan fingerprint density at radius 1 is 1.53 bits per heavy atom. The highest BCUT2D eigenvalue weighted by atomic mass is 32.2. The summed E-state index contributed by atoms with van der Waals surface area (Å²) in [5.74, 6) is 1.32. The van der Waals surface area contributed by atoms with Crippen molar-refractivity contribution in [2.24, 2.45) is 5.92 Å². The minimum Gasteiger partial charge on any atom is -0.388 e. The van der Waals surface area contributed by atoms with Crippen LogP contribution < -0.4 is 10.6 Å². The van der Waals surface area contributed by atoms with Gasteiger partial charge in [-0.05, 0) is 31.4 Å². The average molecular weight is 260 g/mol. The molecular formula is C12H24N2O2S. The fourth-order valence-corrected chi connectivity index (χ4v) is 2.74. The zero-order valence-electron chi connectivity index (χ0n) is 11.0. The minimum absolute atomic E-state index is 0.119. The predicted molar refractivity (Wildman–Crippen MR) is 72.3 cm³/mol. The second-order valence-corrected chi connectivity index (χ2v) is 6.62. The third kappa shape index (κ3) is 5.17. The van der Waals surface area contributed by atoms with Crippen molar-refractivity contribution >= 4 is 17.8 Å². The van der Waals surface area contributed by atoms with Crippen molar-refractivity contribution < 1.29 is 9.90 Å². The molecule has 0 aromatic rings. The summed E-state index contributed by atoms with van der Waals surface area (Å²) < 4.78 is 0. The molecule has 0 spiro atoms. The highest BCUT2D eigenvalue weighted by Gasteiger charge is 2.25. The summed E-state index contributed by atoms with van der Waals surface area (Å²) in [5.41, 5.74) is -0.848. The summed E-state index contributed by atoms with van der Waals surface area (Å²) in [6.07, 6.45) is 2.44. The van der Waals surface area contributed by atoms with Crippen LogP contribution in [0, 0.1) is 5.92 Å². The van der Waals surface area contributed by atoms with Crippen molar-refractivity contribution in [1.82, 2.24) is 10.6 Å². The molecule has 1 heterocycles. The van der Waals surface area contributed by atoms with E-state index < -0.39 is 5.60 Å². The fraction of sp³-hybridized carbons (Fsp3) is 0.917. The van der Waals surface area contributed by atoms with Crippen molar-refractivity contribution in [3.8, 4) is 0 Å². The maximum absolute atomic E-state index is 11.5. The normalized spacial score (nSPS) is 23.5. The third-order valence-electron chi connectivity index (χ3n) is 3.36. The Labute approximate surface area is 108 Å². The number of thioether (sulfide) groups is 1. The molecule has 1 aliphatic heterocycles. The quantitative estimate of drug-likeness (QED) is 0.703. The first-order valence-corrected chi connectivity index (χ1v) is 7.32. The van der Waals surface area contributed by atoms with Crippen molar-refractivity contribution in [2.75, 3.05) is 18.8 Å². The molecule has 0 saturated carbocycles. The van der Waals surface area contributed by atoms with Crippen LogP contribution in [0.2, 0.25) is 0 Å². The van der Waals surface area contributed by atoms with Gasteiger partial charge in [-0.2, -0.15) is 11.8 Å². The summed E-state index contributed by atoms with van der Waals surface area (Å²) in [5, 5.41) is 16.1. The largest absolute Gasteiger partial charge is 0.388 e. The number of aliphatic hydroxyl groups is 1. The van der Waals surface area contributed by atoms with Gasteiger partial charge in [-0.15, -0.1) is 0 Å². The Balaban J connectivity index is 2.16. The smallest absolute Gasteiger partial charge is 0.314 e. The maximum atomic E-state index is 11.5. The van der Waals surface area contributed by atoms with Crippen LogP contribution in [0.3, 0.4) is 0 Å². The monoisotopic (exact) mass is 260 g/mol. The highest BCUT2D eigenvalue weighted by Crippen LogP contribution is 2.25. The molecule has 2 unspecified atom stereocenters. The van der Waals surface area contributed by atoms with Crippen molar-refractivity contribution in [2.45, 2.75) is 44.5 Å². The number of carbonyl (C=O) groups excluding carboxylic acids is 1. The van der Waals surface area contributed by atoms with Crippen LogP contribution in [0.25, 0.3) is 0 Å². The molecule has 1 fully saturated rings. The van der Waals surface area contributed by atoms with E-state index in [4.69, 9.17) is 0 Å². The molecule has 1 saturated heterocycles. The van der Waals surface area contributed by atoms with Gasteiger partial charge in [0.25, 0.3) is 0 Å². The van der Waals surface area contributed by atoms with Crippen molar-refractivity contribution in [3.63, 3.8) is 0 Å². The van der Waals surface area contributed by atoms with Crippen molar-refractivity contribution in [1.29, 1.82) is 0 Å². The van der Waals surface area contributed by atoms with Crippen LogP contribution in [0.1, 0.15) is 33.6 Å². The first-order valence-electron chi connectivity index (χ1n) is 6.27. The van der Waals surface area contributed by atoms with Crippen LogP contribution in [-0.2, 0) is 0 Å². The molecule has 4 nitrogen and oxygen atoms in total. The van der Waals surface area contributed by atoms with Gasteiger partial charge in [0, 0.05) is 18.3 Å². The Morgan fingerprint density at radius 3 is 2.76 bits per heavy atom. The number of hydrogen-bond donors (Lipinski definition) is 3. The molecule has 2 amide bonds. The lowest BCUT2D eigenvalue weighted by Gasteiger charge is -2.27. The summed E-state index contributed by atoms with van der Waals surface area (Å²) in [4.78, 5) is 11.5. The van der Waals surface area contributed by atoms with Crippen LogP contribution in [-0.4, -0.2) is 40.8 Å². The van der Waals surface area contributed by atoms with Gasteiger partial charge >= 0.3 is 6.03 Å². The van der Waals surface area contributed by atoms with Crippen LogP contribution >= 0.6 is 11.8 Å². The van der Waals surface area contributed by atoms with Gasteiger partial charge in [0.1, 0.15) is 0 Å². The first kappa shape index (κ1) is 14.6. The molecule has 0 radical (unpaired) electrons. The fourth-order valence-electron chi connectivity index (χ4n) is 1.54. The zero-order valence-corrected chi connectivity index (χ0v) is 11.8. The van der Waals surface area contributed by atoms with Crippen LogP contribution in [0.5, 0.6) is 0 Å². The molecule has 17 heavy (non-hydrogen) atoms. The van der Waals surface area contributed by atoms with E-state index in [1.807, 2.05) is 25.6 Å². The Kier molecular flexibility index (Phi) is 5.59. The van der Waals surface area contributed by atoms with Gasteiger partial charge in [-0.3, -0.25) is 0 Å².